The molecular formula is C19H25ClN4O. The number of imidazole rings is 1. The maximum Gasteiger partial charge on any atom is 0.225 e. The number of nitrogens with one attached hydrogen (secondary N) is 2. The van der Waals surface area contributed by atoms with Gasteiger partial charge in [-0.2, -0.15) is 0 Å². The molecule has 2 heterocycles. The number of carbonyl (C=O) groups excluding carboxylic acids is 1. The summed E-state index contributed by atoms with van der Waals surface area (Å²) in [6, 6.07) is 7.22. The first-order valence-corrected chi connectivity index (χ1v) is 9.32. The monoisotopic (exact) mass is 360 g/mol. The van der Waals surface area contributed by atoms with Crippen LogP contribution in [-0.2, 0) is 11.2 Å². The lowest BCUT2D eigenvalue weighted by Gasteiger charge is -2.31. The standard InChI is InChI=1S/C19H25ClN4O/c20-16-2-5-17(6-3-16)23-19(25)9-12-24-10-7-15(8-11-24)1-4-18-13-21-14-22-18/h2-3,5-6,13-15H,1,4,7-12H2,(H,21,22)(H,23,25). The molecule has 0 unspecified atom stereocenters. The van der Waals surface area contributed by atoms with E-state index in [1.807, 2.05) is 18.3 Å². The maximum atomic E-state index is 12.1. The molecule has 5 nitrogen and oxygen atoms in total. The Hall–Kier alpha value is -1.85. The number of benzene rings is 1. The number of hydrogen-bond donors (Lipinski definition) is 2. The van der Waals surface area contributed by atoms with Crippen LogP contribution in [0.5, 0.6) is 0 Å². The summed E-state index contributed by atoms with van der Waals surface area (Å²) in [6.07, 6.45) is 8.91. The number of anilines is 1. The summed E-state index contributed by atoms with van der Waals surface area (Å²) in [6.45, 7) is 3.00. The molecule has 1 fully saturated rings. The number of likely N-dealkylation sites (tertiary alicyclic amines) is 1. The lowest BCUT2D eigenvalue weighted by atomic mass is 9.91. The second kappa shape index (κ2) is 9.02. The zero-order valence-electron chi connectivity index (χ0n) is 14.4. The molecule has 0 bridgehead atoms. The first-order chi connectivity index (χ1) is 12.2. The number of aromatic nitrogens is 2. The molecule has 1 aliphatic heterocycles. The Morgan fingerprint density at radius 3 is 2.72 bits per heavy atom. The van der Waals surface area contributed by atoms with E-state index in [1.165, 1.54) is 25.0 Å². The minimum atomic E-state index is 0.0590. The molecule has 2 aromatic rings. The molecule has 3 rings (SSSR count). The Balaban J connectivity index is 1.32. The van der Waals surface area contributed by atoms with E-state index in [9.17, 15) is 4.79 Å². The number of nitrogens with zero attached hydrogens (tertiary/aromatic N) is 2. The molecule has 1 aliphatic rings. The van der Waals surface area contributed by atoms with Crippen molar-refractivity contribution >= 4 is 23.2 Å². The molecule has 6 heteroatoms. The van der Waals surface area contributed by atoms with Crippen molar-refractivity contribution in [3.63, 3.8) is 0 Å². The third kappa shape index (κ3) is 5.87. The van der Waals surface area contributed by atoms with Gasteiger partial charge in [-0.15, -0.1) is 0 Å². The smallest absolute Gasteiger partial charge is 0.225 e. The summed E-state index contributed by atoms with van der Waals surface area (Å²) in [4.78, 5) is 21.7. The van der Waals surface area contributed by atoms with Gasteiger partial charge < -0.3 is 15.2 Å². The Labute approximate surface area is 153 Å². The molecule has 0 spiro atoms. The van der Waals surface area contributed by atoms with Crippen molar-refractivity contribution in [1.29, 1.82) is 0 Å². The molecule has 0 saturated carbocycles. The summed E-state index contributed by atoms with van der Waals surface area (Å²) in [5, 5.41) is 3.59. The summed E-state index contributed by atoms with van der Waals surface area (Å²) in [5.41, 5.74) is 2.02. The number of rotatable bonds is 7. The molecule has 0 atom stereocenters. The van der Waals surface area contributed by atoms with Gasteiger partial charge in [-0.1, -0.05) is 11.6 Å². The van der Waals surface area contributed by atoms with E-state index in [2.05, 4.69) is 20.2 Å². The normalized spacial score (nSPS) is 16.0. The largest absolute Gasteiger partial charge is 0.348 e. The topological polar surface area (TPSA) is 61.0 Å². The Morgan fingerprint density at radius 2 is 2.04 bits per heavy atom. The molecule has 2 N–H and O–H groups in total. The van der Waals surface area contributed by atoms with E-state index in [1.54, 1.807) is 18.5 Å². The van der Waals surface area contributed by atoms with Crippen LogP contribution in [0.4, 0.5) is 5.69 Å². The summed E-state index contributed by atoms with van der Waals surface area (Å²) in [7, 11) is 0. The third-order valence-corrected chi connectivity index (χ3v) is 5.12. The van der Waals surface area contributed by atoms with Gasteiger partial charge in [0.25, 0.3) is 0 Å². The minimum absolute atomic E-state index is 0.0590. The van der Waals surface area contributed by atoms with Gasteiger partial charge >= 0.3 is 0 Å². The number of halogens is 1. The van der Waals surface area contributed by atoms with Crippen molar-refractivity contribution < 1.29 is 4.79 Å². The van der Waals surface area contributed by atoms with Crippen molar-refractivity contribution in [3.8, 4) is 0 Å². The van der Waals surface area contributed by atoms with Gasteiger partial charge in [-0.25, -0.2) is 4.98 Å². The predicted molar refractivity (Wildman–Crippen MR) is 101 cm³/mol. The molecule has 1 saturated heterocycles. The van der Waals surface area contributed by atoms with Gasteiger partial charge in [-0.3, -0.25) is 4.79 Å². The van der Waals surface area contributed by atoms with E-state index in [0.29, 0.717) is 11.4 Å². The van der Waals surface area contributed by atoms with E-state index in [0.717, 1.165) is 37.7 Å². The minimum Gasteiger partial charge on any atom is -0.348 e. The van der Waals surface area contributed by atoms with Gasteiger partial charge in [0.15, 0.2) is 0 Å². The number of hydrogen-bond acceptors (Lipinski definition) is 3. The average Bonchev–Trinajstić information content (AvgIpc) is 3.15. The Kier molecular flexibility index (Phi) is 6.48. The van der Waals surface area contributed by atoms with Crippen LogP contribution >= 0.6 is 11.6 Å². The lowest BCUT2D eigenvalue weighted by Crippen LogP contribution is -2.35. The molecule has 1 amide bonds. The van der Waals surface area contributed by atoms with E-state index in [-0.39, 0.29) is 5.91 Å². The molecule has 1 aromatic heterocycles. The number of carbonyl (C=O) groups is 1. The SMILES string of the molecule is O=C(CCN1CCC(CCc2cnc[nH]2)CC1)Nc1ccc(Cl)cc1. The highest BCUT2D eigenvalue weighted by Crippen LogP contribution is 2.22. The van der Waals surface area contributed by atoms with Crippen molar-refractivity contribution in [2.45, 2.75) is 32.1 Å². The van der Waals surface area contributed by atoms with Crippen molar-refractivity contribution in [1.82, 2.24) is 14.9 Å². The number of aryl methyl sites for hydroxylation is 1. The first-order valence-electron chi connectivity index (χ1n) is 8.94. The van der Waals surface area contributed by atoms with Gasteiger partial charge in [-0.05, 0) is 69.0 Å². The Bertz CT molecular complexity index is 649. The first kappa shape index (κ1) is 18.0. The van der Waals surface area contributed by atoms with Crippen LogP contribution in [-0.4, -0.2) is 40.4 Å². The fourth-order valence-electron chi connectivity index (χ4n) is 3.30. The average molecular weight is 361 g/mol. The van der Waals surface area contributed by atoms with Crippen molar-refractivity contribution in [2.75, 3.05) is 25.0 Å². The van der Waals surface area contributed by atoms with Crippen LogP contribution in [0.15, 0.2) is 36.8 Å². The van der Waals surface area contributed by atoms with Crippen LogP contribution < -0.4 is 5.32 Å². The third-order valence-electron chi connectivity index (χ3n) is 4.87. The second-order valence-electron chi connectivity index (χ2n) is 6.71. The molecule has 0 radical (unpaired) electrons. The van der Waals surface area contributed by atoms with Gasteiger partial charge in [0.1, 0.15) is 0 Å². The summed E-state index contributed by atoms with van der Waals surface area (Å²) in [5.74, 6) is 0.839. The molecule has 1 aromatic carbocycles. The molecule has 25 heavy (non-hydrogen) atoms. The summed E-state index contributed by atoms with van der Waals surface area (Å²) < 4.78 is 0. The molecular weight excluding hydrogens is 336 g/mol. The highest BCUT2D eigenvalue weighted by molar-refractivity contribution is 6.30. The number of aromatic amines is 1. The van der Waals surface area contributed by atoms with Crippen LogP contribution in [0.25, 0.3) is 0 Å². The van der Waals surface area contributed by atoms with Crippen LogP contribution in [0.1, 0.15) is 31.4 Å². The zero-order valence-corrected chi connectivity index (χ0v) is 15.1. The second-order valence-corrected chi connectivity index (χ2v) is 7.14. The van der Waals surface area contributed by atoms with E-state index >= 15 is 0 Å². The fraction of sp³-hybridized carbons (Fsp3) is 0.474. The van der Waals surface area contributed by atoms with Crippen molar-refractivity contribution in [2.24, 2.45) is 5.92 Å². The molecule has 0 aliphatic carbocycles. The number of amides is 1. The highest BCUT2D eigenvalue weighted by atomic mass is 35.5. The number of piperidine rings is 1. The quantitative estimate of drug-likeness (QED) is 0.790. The van der Waals surface area contributed by atoms with E-state index in [4.69, 9.17) is 11.6 Å². The van der Waals surface area contributed by atoms with Gasteiger partial charge in [0.2, 0.25) is 5.91 Å². The van der Waals surface area contributed by atoms with Crippen molar-refractivity contribution in [3.05, 3.63) is 47.5 Å². The Morgan fingerprint density at radius 1 is 1.28 bits per heavy atom. The maximum absolute atomic E-state index is 12.1. The number of H-pyrrole nitrogens is 1. The zero-order chi connectivity index (χ0) is 17.5. The predicted octanol–water partition coefficient (Wildman–Crippen LogP) is 3.74. The van der Waals surface area contributed by atoms with Gasteiger partial charge in [0, 0.05) is 35.6 Å². The fourth-order valence-corrected chi connectivity index (χ4v) is 3.42. The summed E-state index contributed by atoms with van der Waals surface area (Å²) >= 11 is 5.85. The van der Waals surface area contributed by atoms with Crippen LogP contribution in [0.3, 0.4) is 0 Å². The lowest BCUT2D eigenvalue weighted by molar-refractivity contribution is -0.116. The van der Waals surface area contributed by atoms with Crippen LogP contribution in [0.2, 0.25) is 5.02 Å². The molecule has 134 valence electrons. The van der Waals surface area contributed by atoms with E-state index < -0.39 is 0 Å². The van der Waals surface area contributed by atoms with Crippen LogP contribution in [0, 0.1) is 5.92 Å². The van der Waals surface area contributed by atoms with Gasteiger partial charge in [0.05, 0.1) is 6.33 Å². The highest BCUT2D eigenvalue weighted by Gasteiger charge is 2.19.